The van der Waals surface area contributed by atoms with E-state index in [9.17, 15) is 4.79 Å². The van der Waals surface area contributed by atoms with Gasteiger partial charge in [0.1, 0.15) is 0 Å². The second kappa shape index (κ2) is 26.5. The van der Waals surface area contributed by atoms with Gasteiger partial charge in [0, 0.05) is 6.42 Å². The fourth-order valence-corrected chi connectivity index (χ4v) is 3.41. The third kappa shape index (κ3) is 28.8. The average molecular weight is 407 g/mol. The summed E-state index contributed by atoms with van der Waals surface area (Å²) in [5.41, 5.74) is 0. The maximum atomic E-state index is 10.4. The second-order valence-electron chi connectivity index (χ2n) is 7.85. The number of carboxylic acid groups (broad SMARTS) is 1. The van der Waals surface area contributed by atoms with Crippen molar-refractivity contribution < 1.29 is 9.90 Å². The summed E-state index contributed by atoms with van der Waals surface area (Å²) in [5, 5.41) is 8.57. The predicted molar refractivity (Wildman–Crippen MR) is 121 cm³/mol. The number of rotatable bonds is 21. The Labute approximate surface area is 200 Å². The van der Waals surface area contributed by atoms with E-state index in [-0.39, 0.29) is 37.7 Å². The molecule has 0 atom stereocenters. The van der Waals surface area contributed by atoms with Gasteiger partial charge in [-0.05, 0) is 32.1 Å². The van der Waals surface area contributed by atoms with Crippen molar-refractivity contribution in [3.63, 3.8) is 0 Å². The van der Waals surface area contributed by atoms with Crippen LogP contribution >= 0.6 is 0 Å². The summed E-state index contributed by atoms with van der Waals surface area (Å²) in [4.78, 5) is 10.4. The molecule has 0 rings (SSSR count). The van der Waals surface area contributed by atoms with Crippen molar-refractivity contribution in [3.05, 3.63) is 12.2 Å². The van der Waals surface area contributed by atoms with Gasteiger partial charge in [0.05, 0.1) is 0 Å². The van der Waals surface area contributed by atoms with Gasteiger partial charge in [0.2, 0.25) is 0 Å². The van der Waals surface area contributed by atoms with Gasteiger partial charge < -0.3 is 5.11 Å². The predicted octanol–water partition coefficient (Wildman–Crippen LogP) is 8.07. The zero-order chi connectivity index (χ0) is 19.1. The summed E-state index contributed by atoms with van der Waals surface area (Å²) in [6.07, 6.45) is 30.1. The van der Waals surface area contributed by atoms with Crippen LogP contribution in [0.15, 0.2) is 12.2 Å². The molecule has 0 unspecified atom stereocenters. The molecular formula is C24H46CaO2+2. The molecule has 0 saturated heterocycles. The second-order valence-corrected chi connectivity index (χ2v) is 7.85. The molecule has 0 saturated carbocycles. The van der Waals surface area contributed by atoms with Crippen molar-refractivity contribution in [2.45, 2.75) is 135 Å². The SMILES string of the molecule is CCCCCCCC/C=C\CCCCCCCCCCCCCC(=O)O.[Ca+2]. The van der Waals surface area contributed by atoms with E-state index in [1.54, 1.807) is 0 Å². The average Bonchev–Trinajstić information content (AvgIpc) is 2.62. The van der Waals surface area contributed by atoms with Crippen LogP contribution in [0.5, 0.6) is 0 Å². The summed E-state index contributed by atoms with van der Waals surface area (Å²) in [6, 6.07) is 0. The molecule has 0 spiro atoms. The van der Waals surface area contributed by atoms with Gasteiger partial charge in [-0.25, -0.2) is 0 Å². The van der Waals surface area contributed by atoms with Gasteiger partial charge in [-0.3, -0.25) is 4.79 Å². The van der Waals surface area contributed by atoms with E-state index in [0.29, 0.717) is 6.42 Å². The number of carboxylic acids is 1. The minimum Gasteiger partial charge on any atom is -0.481 e. The van der Waals surface area contributed by atoms with E-state index in [0.717, 1.165) is 12.8 Å². The molecule has 0 aromatic rings. The largest absolute Gasteiger partial charge is 2.00 e. The van der Waals surface area contributed by atoms with Crippen LogP contribution < -0.4 is 0 Å². The van der Waals surface area contributed by atoms with Crippen molar-refractivity contribution in [3.8, 4) is 0 Å². The Balaban J connectivity index is 0. The molecule has 0 amide bonds. The molecule has 0 fully saturated rings. The van der Waals surface area contributed by atoms with Crippen molar-refractivity contribution in [2.24, 2.45) is 0 Å². The van der Waals surface area contributed by atoms with E-state index >= 15 is 0 Å². The zero-order valence-electron chi connectivity index (χ0n) is 18.4. The molecule has 0 aliphatic heterocycles. The first-order valence-corrected chi connectivity index (χ1v) is 11.6. The van der Waals surface area contributed by atoms with Crippen molar-refractivity contribution >= 4 is 43.7 Å². The van der Waals surface area contributed by atoms with Gasteiger partial charge in [-0.1, -0.05) is 109 Å². The number of unbranched alkanes of at least 4 members (excludes halogenated alkanes) is 17. The Kier molecular flexibility index (Phi) is 29.1. The van der Waals surface area contributed by atoms with Crippen LogP contribution in [0.4, 0.5) is 0 Å². The van der Waals surface area contributed by atoms with E-state index in [2.05, 4.69) is 19.1 Å². The number of aliphatic carboxylic acids is 1. The molecular weight excluding hydrogens is 360 g/mol. The Hall–Kier alpha value is 0.470. The Bertz CT molecular complexity index is 316. The number of carbonyl (C=O) groups is 1. The molecule has 0 aromatic carbocycles. The first-order chi connectivity index (χ1) is 12.8. The molecule has 0 aliphatic carbocycles. The fourth-order valence-electron chi connectivity index (χ4n) is 3.41. The normalized spacial score (nSPS) is 11.0. The fraction of sp³-hybridized carbons (Fsp3) is 0.875. The third-order valence-electron chi connectivity index (χ3n) is 5.15. The molecule has 0 aromatic heterocycles. The first-order valence-electron chi connectivity index (χ1n) is 11.6. The third-order valence-corrected chi connectivity index (χ3v) is 5.15. The van der Waals surface area contributed by atoms with Crippen LogP contribution in [0.2, 0.25) is 0 Å². The zero-order valence-corrected chi connectivity index (χ0v) is 20.6. The minimum atomic E-state index is -0.654. The van der Waals surface area contributed by atoms with Gasteiger partial charge in [0.25, 0.3) is 0 Å². The standard InChI is InChI=1S/C24H46O2.Ca/c1-2-3-4-5-6-7-8-9-10-11-12-13-14-15-16-17-18-19-20-21-22-23-24(25)26;/h9-10H,2-8,11-23H2,1H3,(H,25,26);/q;+2/b10-9-;. The van der Waals surface area contributed by atoms with Gasteiger partial charge >= 0.3 is 43.7 Å². The molecule has 3 heteroatoms. The van der Waals surface area contributed by atoms with Crippen LogP contribution in [-0.2, 0) is 4.79 Å². The van der Waals surface area contributed by atoms with Crippen LogP contribution in [0, 0.1) is 0 Å². The van der Waals surface area contributed by atoms with E-state index in [1.165, 1.54) is 109 Å². The summed E-state index contributed by atoms with van der Waals surface area (Å²) < 4.78 is 0. The molecule has 0 bridgehead atoms. The quantitative estimate of drug-likeness (QED) is 0.119. The van der Waals surface area contributed by atoms with Crippen molar-refractivity contribution in [2.75, 3.05) is 0 Å². The minimum absolute atomic E-state index is 0. The van der Waals surface area contributed by atoms with Gasteiger partial charge in [-0.2, -0.15) is 0 Å². The Morgan fingerprint density at radius 3 is 1.30 bits per heavy atom. The summed E-state index contributed by atoms with van der Waals surface area (Å²) in [6.45, 7) is 2.28. The van der Waals surface area contributed by atoms with Crippen LogP contribution in [0.1, 0.15) is 135 Å². The maximum absolute atomic E-state index is 10.4. The van der Waals surface area contributed by atoms with Gasteiger partial charge in [0.15, 0.2) is 0 Å². The van der Waals surface area contributed by atoms with Crippen LogP contribution in [-0.4, -0.2) is 48.8 Å². The molecule has 0 aliphatic rings. The van der Waals surface area contributed by atoms with E-state index in [1.807, 2.05) is 0 Å². The molecule has 27 heavy (non-hydrogen) atoms. The molecule has 2 nitrogen and oxygen atoms in total. The smallest absolute Gasteiger partial charge is 0.481 e. The Morgan fingerprint density at radius 1 is 0.593 bits per heavy atom. The van der Waals surface area contributed by atoms with E-state index in [4.69, 9.17) is 5.11 Å². The Morgan fingerprint density at radius 2 is 0.926 bits per heavy atom. The topological polar surface area (TPSA) is 37.3 Å². The molecule has 0 heterocycles. The summed E-state index contributed by atoms with van der Waals surface area (Å²) in [5.74, 6) is -0.654. The van der Waals surface area contributed by atoms with Crippen molar-refractivity contribution in [1.82, 2.24) is 0 Å². The summed E-state index contributed by atoms with van der Waals surface area (Å²) in [7, 11) is 0. The van der Waals surface area contributed by atoms with E-state index < -0.39 is 5.97 Å². The van der Waals surface area contributed by atoms with Crippen LogP contribution in [0.3, 0.4) is 0 Å². The molecule has 154 valence electrons. The molecule has 0 radical (unpaired) electrons. The maximum Gasteiger partial charge on any atom is 2.00 e. The molecule has 1 N–H and O–H groups in total. The number of allylic oxidation sites excluding steroid dienone is 2. The number of hydrogen-bond acceptors (Lipinski definition) is 1. The summed E-state index contributed by atoms with van der Waals surface area (Å²) >= 11 is 0. The van der Waals surface area contributed by atoms with Crippen molar-refractivity contribution in [1.29, 1.82) is 0 Å². The number of hydrogen-bond donors (Lipinski definition) is 1. The van der Waals surface area contributed by atoms with Crippen LogP contribution in [0.25, 0.3) is 0 Å². The van der Waals surface area contributed by atoms with Gasteiger partial charge in [-0.15, -0.1) is 0 Å². The monoisotopic (exact) mass is 406 g/mol. The first kappa shape index (κ1) is 29.7.